The van der Waals surface area contributed by atoms with E-state index in [4.69, 9.17) is 23.7 Å². The first-order chi connectivity index (χ1) is 28.3. The molecule has 0 aliphatic rings. The second-order valence-electron chi connectivity index (χ2n) is 13.5. The molecule has 0 heterocycles. The summed E-state index contributed by atoms with van der Waals surface area (Å²) in [5.41, 5.74) is 3.22. The van der Waals surface area contributed by atoms with Crippen molar-refractivity contribution in [3.8, 4) is 35.2 Å². The van der Waals surface area contributed by atoms with Gasteiger partial charge < -0.3 is 23.7 Å². The second kappa shape index (κ2) is 22.7. The fourth-order valence-corrected chi connectivity index (χ4v) is 6.04. The first-order valence-electron chi connectivity index (χ1n) is 19.5. The van der Waals surface area contributed by atoms with Gasteiger partial charge in [0.05, 0.1) is 39.1 Å². The molecular formula is C50H48O8. The smallest absolute Gasteiger partial charge is 0.339 e. The Labute approximate surface area is 340 Å². The van der Waals surface area contributed by atoms with Gasteiger partial charge in [-0.1, -0.05) is 61.1 Å². The van der Waals surface area contributed by atoms with Gasteiger partial charge >= 0.3 is 17.9 Å². The minimum absolute atomic E-state index is 0.348. The Morgan fingerprint density at radius 1 is 0.500 bits per heavy atom. The average Bonchev–Trinajstić information content (AvgIpc) is 3.26. The van der Waals surface area contributed by atoms with Crippen molar-refractivity contribution in [1.82, 2.24) is 0 Å². The van der Waals surface area contributed by atoms with Crippen molar-refractivity contribution in [3.05, 3.63) is 144 Å². The number of carbonyl (C=O) groups is 3. The fraction of sp³-hybridized carbons (Fsp3) is 0.260. The minimum Gasteiger partial charge on any atom is -0.494 e. The average molecular weight is 777 g/mol. The highest BCUT2D eigenvalue weighted by molar-refractivity contribution is 5.93. The van der Waals surface area contributed by atoms with Crippen molar-refractivity contribution >= 4 is 39.5 Å². The third kappa shape index (κ3) is 13.5. The Kier molecular flexibility index (Phi) is 16.6. The molecule has 0 amide bonds. The van der Waals surface area contributed by atoms with Gasteiger partial charge in [-0.25, -0.2) is 14.4 Å². The Morgan fingerprint density at radius 2 is 0.914 bits per heavy atom. The highest BCUT2D eigenvalue weighted by Crippen LogP contribution is 2.24. The molecular weight excluding hydrogens is 729 g/mol. The van der Waals surface area contributed by atoms with Crippen LogP contribution in [0.4, 0.5) is 0 Å². The molecule has 296 valence electrons. The van der Waals surface area contributed by atoms with Crippen molar-refractivity contribution in [2.45, 2.75) is 51.4 Å². The van der Waals surface area contributed by atoms with Crippen LogP contribution in [0, 0.1) is 23.7 Å². The third-order valence-electron chi connectivity index (χ3n) is 9.18. The lowest BCUT2D eigenvalue weighted by molar-refractivity contribution is -0.138. The number of rotatable bonds is 19. The van der Waals surface area contributed by atoms with Gasteiger partial charge in [0.15, 0.2) is 0 Å². The zero-order valence-electron chi connectivity index (χ0n) is 33.0. The highest BCUT2D eigenvalue weighted by atomic mass is 16.5. The number of unbranched alkanes of at least 4 members (excludes halogenated alkanes) is 6. The molecule has 5 aromatic carbocycles. The lowest BCUT2D eigenvalue weighted by Crippen LogP contribution is -2.04. The fourth-order valence-electron chi connectivity index (χ4n) is 6.04. The summed E-state index contributed by atoms with van der Waals surface area (Å²) < 4.78 is 27.0. The molecule has 0 radical (unpaired) electrons. The predicted molar refractivity (Wildman–Crippen MR) is 228 cm³/mol. The standard InChI is InChI=1S/C50H48O8/c1-4-48(51)57-30-12-8-6-10-28-55-45-26-24-41-32-37(18-22-43(41)35-45)14-15-39-17-21-40(47(34-39)50(53)54-3)20-16-38-19-23-44-36-46(27-25-42(44)33-38)56-29-11-7-9-13-31-58-49(52)5-2/h4-5,17-19,21-27,32-36H,1-2,6-13,28-31H2,3H3. The molecule has 0 aliphatic carbocycles. The molecule has 0 atom stereocenters. The van der Waals surface area contributed by atoms with Crippen molar-refractivity contribution in [2.75, 3.05) is 33.5 Å². The van der Waals surface area contributed by atoms with Crippen LogP contribution in [0.5, 0.6) is 11.5 Å². The van der Waals surface area contributed by atoms with E-state index in [0.29, 0.717) is 43.1 Å². The van der Waals surface area contributed by atoms with Gasteiger partial charge in [-0.2, -0.15) is 0 Å². The third-order valence-corrected chi connectivity index (χ3v) is 9.18. The molecule has 0 aromatic heterocycles. The number of carbonyl (C=O) groups excluding carboxylic acids is 3. The topological polar surface area (TPSA) is 97.4 Å². The van der Waals surface area contributed by atoms with Crippen molar-refractivity contribution < 1.29 is 38.1 Å². The van der Waals surface area contributed by atoms with Crippen LogP contribution in [-0.4, -0.2) is 51.4 Å². The zero-order valence-corrected chi connectivity index (χ0v) is 33.0. The lowest BCUT2D eigenvalue weighted by atomic mass is 10.0. The van der Waals surface area contributed by atoms with Gasteiger partial charge in [0.1, 0.15) is 11.5 Å². The van der Waals surface area contributed by atoms with Crippen LogP contribution in [0.3, 0.4) is 0 Å². The molecule has 8 heteroatoms. The van der Waals surface area contributed by atoms with Crippen LogP contribution in [0.2, 0.25) is 0 Å². The van der Waals surface area contributed by atoms with E-state index in [1.165, 1.54) is 19.3 Å². The lowest BCUT2D eigenvalue weighted by Gasteiger charge is -2.08. The van der Waals surface area contributed by atoms with E-state index in [0.717, 1.165) is 95.5 Å². The number of fused-ring (bicyclic) bond motifs is 2. The molecule has 5 rings (SSSR count). The summed E-state index contributed by atoms with van der Waals surface area (Å²) >= 11 is 0. The van der Waals surface area contributed by atoms with E-state index in [2.05, 4.69) is 36.8 Å². The van der Waals surface area contributed by atoms with E-state index in [1.54, 1.807) is 12.1 Å². The monoisotopic (exact) mass is 776 g/mol. The molecule has 0 spiro atoms. The summed E-state index contributed by atoms with van der Waals surface area (Å²) in [6.07, 6.45) is 9.74. The van der Waals surface area contributed by atoms with Gasteiger partial charge in [0.25, 0.3) is 0 Å². The van der Waals surface area contributed by atoms with Crippen LogP contribution in [0.15, 0.2) is 116 Å². The number of hydrogen-bond acceptors (Lipinski definition) is 8. The largest absolute Gasteiger partial charge is 0.494 e. The zero-order chi connectivity index (χ0) is 41.0. The van der Waals surface area contributed by atoms with Gasteiger partial charge in [0.2, 0.25) is 0 Å². The Hall–Kier alpha value is -6.77. The summed E-state index contributed by atoms with van der Waals surface area (Å²) in [6.45, 7) is 8.84. The van der Waals surface area contributed by atoms with E-state index in [9.17, 15) is 14.4 Å². The van der Waals surface area contributed by atoms with Crippen LogP contribution < -0.4 is 9.47 Å². The SMILES string of the molecule is C=CC(=O)OCCCCCCOc1ccc2cc(C#Cc3ccc(C#Cc4ccc5cc(OCCCCCCOC(=O)C=C)ccc5c4)c(C(=O)OC)c3)ccc2c1. The van der Waals surface area contributed by atoms with E-state index in [-0.39, 0.29) is 11.9 Å². The Balaban J connectivity index is 1.15. The molecule has 0 saturated heterocycles. The van der Waals surface area contributed by atoms with Gasteiger partial charge in [-0.15, -0.1) is 0 Å². The molecule has 0 N–H and O–H groups in total. The summed E-state index contributed by atoms with van der Waals surface area (Å²) in [5, 5.41) is 4.16. The summed E-state index contributed by atoms with van der Waals surface area (Å²) in [4.78, 5) is 35.0. The van der Waals surface area contributed by atoms with Crippen LogP contribution in [0.25, 0.3) is 21.5 Å². The van der Waals surface area contributed by atoms with E-state index in [1.807, 2.05) is 78.9 Å². The second-order valence-corrected chi connectivity index (χ2v) is 13.5. The first-order valence-corrected chi connectivity index (χ1v) is 19.5. The predicted octanol–water partition coefficient (Wildman–Crippen LogP) is 9.92. The molecule has 0 unspecified atom stereocenters. The maximum atomic E-state index is 12.8. The minimum atomic E-state index is -0.483. The first kappa shape index (κ1) is 42.4. The summed E-state index contributed by atoms with van der Waals surface area (Å²) in [5.74, 6) is 13.1. The van der Waals surface area contributed by atoms with Gasteiger partial charge in [-0.3, -0.25) is 0 Å². The molecule has 58 heavy (non-hydrogen) atoms. The van der Waals surface area contributed by atoms with Crippen LogP contribution in [-0.2, 0) is 23.8 Å². The summed E-state index contributed by atoms with van der Waals surface area (Å²) in [6, 6.07) is 29.4. The van der Waals surface area contributed by atoms with Crippen molar-refractivity contribution in [1.29, 1.82) is 0 Å². The van der Waals surface area contributed by atoms with Crippen molar-refractivity contribution in [2.24, 2.45) is 0 Å². The normalized spacial score (nSPS) is 10.4. The number of benzene rings is 5. The molecule has 0 bridgehead atoms. The number of esters is 3. The van der Waals surface area contributed by atoms with Crippen molar-refractivity contribution in [3.63, 3.8) is 0 Å². The number of hydrogen-bond donors (Lipinski definition) is 0. The molecule has 0 saturated carbocycles. The maximum absolute atomic E-state index is 12.8. The maximum Gasteiger partial charge on any atom is 0.339 e. The summed E-state index contributed by atoms with van der Waals surface area (Å²) in [7, 11) is 1.35. The Morgan fingerprint density at radius 3 is 1.40 bits per heavy atom. The van der Waals surface area contributed by atoms with Gasteiger partial charge in [-0.05, 0) is 140 Å². The number of methoxy groups -OCH3 is 1. The quantitative estimate of drug-likeness (QED) is 0.0269. The Bertz CT molecular complexity index is 2370. The molecule has 8 nitrogen and oxygen atoms in total. The van der Waals surface area contributed by atoms with Crippen LogP contribution >= 0.6 is 0 Å². The van der Waals surface area contributed by atoms with Crippen LogP contribution in [0.1, 0.15) is 84.0 Å². The van der Waals surface area contributed by atoms with Gasteiger partial charge in [0, 0.05) is 34.4 Å². The van der Waals surface area contributed by atoms with E-state index >= 15 is 0 Å². The molecule has 0 aliphatic heterocycles. The molecule has 5 aromatic rings. The van der Waals surface area contributed by atoms with E-state index < -0.39 is 5.97 Å². The number of ether oxygens (including phenoxy) is 5. The highest BCUT2D eigenvalue weighted by Gasteiger charge is 2.11. The molecule has 0 fully saturated rings.